The summed E-state index contributed by atoms with van der Waals surface area (Å²) in [6.07, 6.45) is 0.699. The number of nitrogens with two attached hydrogens (primary N) is 1. The summed E-state index contributed by atoms with van der Waals surface area (Å²) in [7, 11) is 4.01. The van der Waals surface area contributed by atoms with Crippen molar-refractivity contribution in [3.05, 3.63) is 45.9 Å². The lowest BCUT2D eigenvalue weighted by molar-refractivity contribution is 0.0946. The van der Waals surface area contributed by atoms with Crippen LogP contribution in [0, 0.1) is 0 Å². The highest BCUT2D eigenvalue weighted by molar-refractivity contribution is 7.09. The molecular formula is C17H24N4O2S. The fourth-order valence-electron chi connectivity index (χ4n) is 2.02. The molecule has 130 valence electrons. The lowest BCUT2D eigenvalue weighted by Gasteiger charge is -2.12. The van der Waals surface area contributed by atoms with Crippen LogP contribution in [0.2, 0.25) is 0 Å². The van der Waals surface area contributed by atoms with E-state index in [9.17, 15) is 4.79 Å². The summed E-state index contributed by atoms with van der Waals surface area (Å²) >= 11 is 1.46. The molecule has 1 aromatic heterocycles. The zero-order valence-corrected chi connectivity index (χ0v) is 14.9. The first-order valence-electron chi connectivity index (χ1n) is 7.87. The Hall–Kier alpha value is -1.96. The molecule has 24 heavy (non-hydrogen) atoms. The Morgan fingerprint density at radius 3 is 3.00 bits per heavy atom. The Morgan fingerprint density at radius 2 is 2.25 bits per heavy atom. The number of nitrogens with one attached hydrogen (secondary N) is 1. The van der Waals surface area contributed by atoms with Crippen molar-refractivity contribution in [3.8, 4) is 5.75 Å². The van der Waals surface area contributed by atoms with E-state index in [1.54, 1.807) is 5.38 Å². The number of benzene rings is 1. The number of hydrogen-bond donors (Lipinski definition) is 2. The molecular weight excluding hydrogens is 324 g/mol. The molecule has 0 fully saturated rings. The molecule has 0 unspecified atom stereocenters. The quantitative estimate of drug-likeness (QED) is 0.718. The SMILES string of the molecule is CN(C)CCOc1cccc(CNC(=O)c2csc(CCN)n2)c1. The third-order valence-electron chi connectivity index (χ3n) is 3.30. The van der Waals surface area contributed by atoms with Crippen molar-refractivity contribution in [1.29, 1.82) is 0 Å². The van der Waals surface area contributed by atoms with Crippen molar-refractivity contribution in [2.24, 2.45) is 5.73 Å². The maximum Gasteiger partial charge on any atom is 0.271 e. The van der Waals surface area contributed by atoms with Crippen molar-refractivity contribution in [1.82, 2.24) is 15.2 Å². The fourth-order valence-corrected chi connectivity index (χ4v) is 2.81. The minimum atomic E-state index is -0.173. The van der Waals surface area contributed by atoms with E-state index >= 15 is 0 Å². The summed E-state index contributed by atoms with van der Waals surface area (Å²) in [5.74, 6) is 0.635. The summed E-state index contributed by atoms with van der Waals surface area (Å²) < 4.78 is 5.70. The van der Waals surface area contributed by atoms with Gasteiger partial charge in [0, 0.05) is 24.9 Å². The number of aromatic nitrogens is 1. The predicted octanol–water partition coefficient (Wildman–Crippen LogP) is 1.51. The van der Waals surface area contributed by atoms with Gasteiger partial charge in [-0.25, -0.2) is 4.98 Å². The molecule has 0 spiro atoms. The van der Waals surface area contributed by atoms with Crippen LogP contribution in [0.25, 0.3) is 0 Å². The predicted molar refractivity (Wildman–Crippen MR) is 96.5 cm³/mol. The van der Waals surface area contributed by atoms with Gasteiger partial charge in [-0.3, -0.25) is 4.79 Å². The third kappa shape index (κ3) is 5.92. The lowest BCUT2D eigenvalue weighted by Crippen LogP contribution is -2.23. The smallest absolute Gasteiger partial charge is 0.271 e. The van der Waals surface area contributed by atoms with E-state index in [4.69, 9.17) is 10.5 Å². The molecule has 0 aliphatic carbocycles. The van der Waals surface area contributed by atoms with Crippen LogP contribution in [-0.2, 0) is 13.0 Å². The van der Waals surface area contributed by atoms with Gasteiger partial charge in [-0.15, -0.1) is 11.3 Å². The average molecular weight is 348 g/mol. The van der Waals surface area contributed by atoms with Gasteiger partial charge in [0.2, 0.25) is 0 Å². The van der Waals surface area contributed by atoms with Gasteiger partial charge in [0.1, 0.15) is 18.1 Å². The highest BCUT2D eigenvalue weighted by Gasteiger charge is 2.10. The van der Waals surface area contributed by atoms with Crippen LogP contribution >= 0.6 is 11.3 Å². The van der Waals surface area contributed by atoms with E-state index in [2.05, 4.69) is 15.2 Å². The van der Waals surface area contributed by atoms with Gasteiger partial charge in [-0.2, -0.15) is 0 Å². The Balaban J connectivity index is 1.85. The first-order valence-corrected chi connectivity index (χ1v) is 8.75. The minimum absolute atomic E-state index is 0.173. The number of amides is 1. The molecule has 0 atom stereocenters. The molecule has 7 heteroatoms. The Kier molecular flexibility index (Phi) is 7.17. The Bertz CT molecular complexity index is 658. The van der Waals surface area contributed by atoms with E-state index in [0.717, 1.165) is 22.9 Å². The lowest BCUT2D eigenvalue weighted by atomic mass is 10.2. The molecule has 1 heterocycles. The topological polar surface area (TPSA) is 80.5 Å². The molecule has 0 aliphatic heterocycles. The van der Waals surface area contributed by atoms with Gasteiger partial charge in [0.15, 0.2) is 0 Å². The maximum absolute atomic E-state index is 12.1. The average Bonchev–Trinajstić information content (AvgIpc) is 3.02. The van der Waals surface area contributed by atoms with Crippen molar-refractivity contribution in [2.75, 3.05) is 33.8 Å². The van der Waals surface area contributed by atoms with Crippen molar-refractivity contribution < 1.29 is 9.53 Å². The zero-order valence-electron chi connectivity index (χ0n) is 14.1. The summed E-state index contributed by atoms with van der Waals surface area (Å²) in [5, 5.41) is 5.54. The van der Waals surface area contributed by atoms with Gasteiger partial charge < -0.3 is 20.7 Å². The van der Waals surface area contributed by atoms with Crippen LogP contribution in [0.15, 0.2) is 29.6 Å². The van der Waals surface area contributed by atoms with Gasteiger partial charge >= 0.3 is 0 Å². The largest absolute Gasteiger partial charge is 0.492 e. The second kappa shape index (κ2) is 9.36. The fraction of sp³-hybridized carbons (Fsp3) is 0.412. The van der Waals surface area contributed by atoms with Gasteiger partial charge in [0.25, 0.3) is 5.91 Å². The number of ether oxygens (including phenoxy) is 1. The molecule has 2 aromatic rings. The Morgan fingerprint density at radius 1 is 1.42 bits per heavy atom. The number of likely N-dealkylation sites (N-methyl/N-ethyl adjacent to an activating group) is 1. The first-order chi connectivity index (χ1) is 11.6. The summed E-state index contributed by atoms with van der Waals surface area (Å²) in [6.45, 7) is 2.46. The van der Waals surface area contributed by atoms with Crippen molar-refractivity contribution in [3.63, 3.8) is 0 Å². The molecule has 0 radical (unpaired) electrons. The first kappa shape index (κ1) is 18.4. The van der Waals surface area contributed by atoms with Gasteiger partial charge in [-0.1, -0.05) is 12.1 Å². The zero-order chi connectivity index (χ0) is 17.4. The Labute approximate surface area is 146 Å². The molecule has 1 aromatic carbocycles. The number of carbonyl (C=O) groups is 1. The minimum Gasteiger partial charge on any atom is -0.492 e. The highest BCUT2D eigenvalue weighted by Crippen LogP contribution is 2.14. The van der Waals surface area contributed by atoms with Crippen LogP contribution in [0.4, 0.5) is 0 Å². The van der Waals surface area contributed by atoms with Gasteiger partial charge in [-0.05, 0) is 38.3 Å². The maximum atomic E-state index is 12.1. The normalized spacial score (nSPS) is 10.8. The summed E-state index contributed by atoms with van der Waals surface area (Å²) in [5.41, 5.74) is 6.93. The van der Waals surface area contributed by atoms with E-state index < -0.39 is 0 Å². The van der Waals surface area contributed by atoms with Crippen LogP contribution in [0.1, 0.15) is 21.1 Å². The molecule has 2 rings (SSSR count). The molecule has 0 saturated carbocycles. The molecule has 0 aliphatic rings. The summed E-state index contributed by atoms with van der Waals surface area (Å²) in [6, 6.07) is 7.74. The van der Waals surface area contributed by atoms with E-state index in [-0.39, 0.29) is 5.91 Å². The van der Waals surface area contributed by atoms with Crippen LogP contribution in [-0.4, -0.2) is 49.6 Å². The number of hydrogen-bond acceptors (Lipinski definition) is 6. The monoisotopic (exact) mass is 348 g/mol. The van der Waals surface area contributed by atoms with E-state index in [0.29, 0.717) is 31.8 Å². The molecule has 0 saturated heterocycles. The standard InChI is InChI=1S/C17H24N4O2S/c1-21(2)8-9-23-14-5-3-4-13(10-14)11-19-17(22)15-12-24-16(20-15)6-7-18/h3-5,10,12H,6-9,11,18H2,1-2H3,(H,19,22). The second-order valence-corrected chi connectivity index (χ2v) is 6.59. The second-order valence-electron chi connectivity index (χ2n) is 5.65. The van der Waals surface area contributed by atoms with Gasteiger partial charge in [0.05, 0.1) is 5.01 Å². The number of carbonyl (C=O) groups excluding carboxylic acids is 1. The molecule has 3 N–H and O–H groups in total. The van der Waals surface area contributed by atoms with Crippen LogP contribution < -0.4 is 15.8 Å². The van der Waals surface area contributed by atoms with Crippen molar-refractivity contribution >= 4 is 17.2 Å². The number of nitrogens with zero attached hydrogens (tertiary/aromatic N) is 2. The summed E-state index contributed by atoms with van der Waals surface area (Å²) in [4.78, 5) is 18.5. The third-order valence-corrected chi connectivity index (χ3v) is 4.21. The molecule has 1 amide bonds. The van der Waals surface area contributed by atoms with Crippen LogP contribution in [0.3, 0.4) is 0 Å². The number of rotatable bonds is 9. The van der Waals surface area contributed by atoms with Crippen molar-refractivity contribution in [2.45, 2.75) is 13.0 Å². The van der Waals surface area contributed by atoms with E-state index in [1.807, 2.05) is 38.4 Å². The van der Waals surface area contributed by atoms with Crippen LogP contribution in [0.5, 0.6) is 5.75 Å². The van der Waals surface area contributed by atoms with E-state index in [1.165, 1.54) is 11.3 Å². The molecule has 0 bridgehead atoms. The molecule has 6 nitrogen and oxygen atoms in total. The number of thiazole rings is 1. The highest BCUT2D eigenvalue weighted by atomic mass is 32.1.